The predicted octanol–water partition coefficient (Wildman–Crippen LogP) is 3.64. The maximum absolute atomic E-state index is 12.2. The molecule has 1 aromatic heterocycles. The molecule has 0 fully saturated rings. The van der Waals surface area contributed by atoms with Crippen molar-refractivity contribution in [3.05, 3.63) is 77.8 Å². The lowest BCUT2D eigenvalue weighted by Gasteiger charge is -2.14. The summed E-state index contributed by atoms with van der Waals surface area (Å²) in [5, 5.41) is 12.2. The molecule has 2 N–H and O–H groups in total. The molecule has 1 amide bonds. The van der Waals surface area contributed by atoms with E-state index < -0.39 is 11.9 Å². The third-order valence-corrected chi connectivity index (χ3v) is 4.64. The molecule has 0 aliphatic rings. The number of nitrogens with one attached hydrogen (secondary N) is 1. The van der Waals surface area contributed by atoms with Gasteiger partial charge in [-0.1, -0.05) is 60.2 Å². The van der Waals surface area contributed by atoms with E-state index in [2.05, 4.69) is 10.3 Å². The number of oxazole rings is 1. The van der Waals surface area contributed by atoms with Gasteiger partial charge >= 0.3 is 5.97 Å². The molecule has 2 aromatic carbocycles. The SMILES string of the molecule is Cc1cccc(CC(CNC(=O)CCc2ncc(-c3ccccc3)o2)C(=O)O)c1. The zero-order valence-electron chi connectivity index (χ0n) is 16.3. The maximum Gasteiger partial charge on any atom is 0.308 e. The predicted molar refractivity (Wildman–Crippen MR) is 109 cm³/mol. The van der Waals surface area contributed by atoms with Crippen LogP contribution in [0.4, 0.5) is 0 Å². The second-order valence-corrected chi connectivity index (χ2v) is 7.02. The van der Waals surface area contributed by atoms with Crippen LogP contribution in [-0.2, 0) is 22.4 Å². The number of benzene rings is 2. The Bertz CT molecular complexity index is 966. The number of nitrogens with zero attached hydrogens (tertiary/aromatic N) is 1. The first-order chi connectivity index (χ1) is 14.0. The normalized spacial score (nSPS) is 11.8. The van der Waals surface area contributed by atoms with E-state index in [0.717, 1.165) is 16.7 Å². The highest BCUT2D eigenvalue weighted by atomic mass is 16.4. The topological polar surface area (TPSA) is 92.4 Å². The number of aromatic nitrogens is 1. The lowest BCUT2D eigenvalue weighted by atomic mass is 9.98. The zero-order chi connectivity index (χ0) is 20.6. The van der Waals surface area contributed by atoms with Gasteiger partial charge in [-0.3, -0.25) is 9.59 Å². The number of aryl methyl sites for hydroxylation is 2. The Morgan fingerprint density at radius 1 is 1.14 bits per heavy atom. The summed E-state index contributed by atoms with van der Waals surface area (Å²) in [5.41, 5.74) is 2.95. The Hall–Kier alpha value is -3.41. The van der Waals surface area contributed by atoms with Gasteiger partial charge in [0.05, 0.1) is 12.1 Å². The van der Waals surface area contributed by atoms with Crippen LogP contribution < -0.4 is 5.32 Å². The second kappa shape index (κ2) is 9.68. The van der Waals surface area contributed by atoms with Gasteiger partial charge in [0, 0.05) is 24.9 Å². The minimum Gasteiger partial charge on any atom is -0.481 e. The van der Waals surface area contributed by atoms with Crippen molar-refractivity contribution < 1.29 is 19.1 Å². The van der Waals surface area contributed by atoms with E-state index in [4.69, 9.17) is 4.42 Å². The van der Waals surface area contributed by atoms with Gasteiger partial charge in [0.15, 0.2) is 11.7 Å². The molecular formula is C23H24N2O4. The number of carboxylic acids is 1. The van der Waals surface area contributed by atoms with Crippen LogP contribution in [0.3, 0.4) is 0 Å². The first-order valence-electron chi connectivity index (χ1n) is 9.56. The first kappa shape index (κ1) is 20.3. The van der Waals surface area contributed by atoms with Crippen LogP contribution in [0.2, 0.25) is 0 Å². The Balaban J connectivity index is 1.48. The van der Waals surface area contributed by atoms with Crippen molar-refractivity contribution in [2.45, 2.75) is 26.2 Å². The van der Waals surface area contributed by atoms with Gasteiger partial charge in [-0.2, -0.15) is 0 Å². The number of carbonyl (C=O) groups excluding carboxylic acids is 1. The average molecular weight is 392 g/mol. The number of aliphatic carboxylic acids is 1. The van der Waals surface area contributed by atoms with E-state index in [9.17, 15) is 14.7 Å². The number of carbonyl (C=O) groups is 2. The van der Waals surface area contributed by atoms with Crippen LogP contribution in [0.25, 0.3) is 11.3 Å². The number of hydrogen-bond donors (Lipinski definition) is 2. The Kier molecular flexibility index (Phi) is 6.79. The minimum atomic E-state index is -0.924. The molecule has 1 unspecified atom stereocenters. The fourth-order valence-electron chi connectivity index (χ4n) is 3.08. The summed E-state index contributed by atoms with van der Waals surface area (Å²) in [5.74, 6) is -0.683. The molecule has 0 bridgehead atoms. The van der Waals surface area contributed by atoms with Crippen molar-refractivity contribution in [1.29, 1.82) is 0 Å². The van der Waals surface area contributed by atoms with Crippen molar-refractivity contribution in [1.82, 2.24) is 10.3 Å². The fourth-order valence-corrected chi connectivity index (χ4v) is 3.08. The van der Waals surface area contributed by atoms with Crippen LogP contribution in [0.5, 0.6) is 0 Å². The van der Waals surface area contributed by atoms with E-state index in [1.807, 2.05) is 61.5 Å². The van der Waals surface area contributed by atoms with Gasteiger partial charge in [0.25, 0.3) is 0 Å². The Morgan fingerprint density at radius 2 is 1.93 bits per heavy atom. The van der Waals surface area contributed by atoms with Crippen LogP contribution in [0.15, 0.2) is 65.2 Å². The summed E-state index contributed by atoms with van der Waals surface area (Å²) < 4.78 is 5.69. The molecule has 0 spiro atoms. The highest BCUT2D eigenvalue weighted by molar-refractivity contribution is 5.77. The van der Waals surface area contributed by atoms with Crippen LogP contribution in [0.1, 0.15) is 23.4 Å². The quantitative estimate of drug-likeness (QED) is 0.580. The van der Waals surface area contributed by atoms with Gasteiger partial charge < -0.3 is 14.8 Å². The molecular weight excluding hydrogens is 368 g/mol. The monoisotopic (exact) mass is 392 g/mol. The lowest BCUT2D eigenvalue weighted by molar-refractivity contribution is -0.141. The van der Waals surface area contributed by atoms with E-state index in [-0.39, 0.29) is 18.9 Å². The summed E-state index contributed by atoms with van der Waals surface area (Å²) in [4.78, 5) is 27.9. The van der Waals surface area contributed by atoms with Gasteiger partial charge in [0.2, 0.25) is 5.91 Å². The van der Waals surface area contributed by atoms with Gasteiger partial charge in [0.1, 0.15) is 0 Å². The Morgan fingerprint density at radius 3 is 2.66 bits per heavy atom. The highest BCUT2D eigenvalue weighted by Gasteiger charge is 2.19. The molecule has 29 heavy (non-hydrogen) atoms. The van der Waals surface area contributed by atoms with E-state index in [1.54, 1.807) is 6.20 Å². The molecule has 0 aliphatic heterocycles. The molecule has 6 nitrogen and oxygen atoms in total. The van der Waals surface area contributed by atoms with Crippen molar-refractivity contribution in [3.63, 3.8) is 0 Å². The summed E-state index contributed by atoms with van der Waals surface area (Å²) in [6, 6.07) is 17.3. The highest BCUT2D eigenvalue weighted by Crippen LogP contribution is 2.20. The third kappa shape index (κ3) is 6.04. The number of rotatable bonds is 9. The summed E-state index contributed by atoms with van der Waals surface area (Å²) in [6.07, 6.45) is 2.56. The number of amides is 1. The minimum absolute atomic E-state index is 0.0863. The molecule has 0 radical (unpaired) electrons. The van der Waals surface area contributed by atoms with E-state index in [0.29, 0.717) is 24.5 Å². The molecule has 150 valence electrons. The Labute approximate surface area is 169 Å². The number of hydrogen-bond acceptors (Lipinski definition) is 4. The van der Waals surface area contributed by atoms with Crippen molar-refractivity contribution >= 4 is 11.9 Å². The van der Waals surface area contributed by atoms with Gasteiger partial charge in [-0.15, -0.1) is 0 Å². The summed E-state index contributed by atoms with van der Waals surface area (Å²) in [7, 11) is 0. The standard InChI is InChI=1S/C23H24N2O4/c1-16-6-5-7-17(12-16)13-19(23(27)28)14-24-21(26)10-11-22-25-15-20(29-22)18-8-3-2-4-9-18/h2-9,12,15,19H,10-11,13-14H2,1H3,(H,24,26)(H,27,28). The molecule has 1 atom stereocenters. The third-order valence-electron chi connectivity index (χ3n) is 4.64. The van der Waals surface area contributed by atoms with E-state index in [1.165, 1.54) is 0 Å². The second-order valence-electron chi connectivity index (χ2n) is 7.02. The van der Waals surface area contributed by atoms with Crippen LogP contribution in [-0.4, -0.2) is 28.5 Å². The molecule has 0 saturated heterocycles. The zero-order valence-corrected chi connectivity index (χ0v) is 16.3. The van der Waals surface area contributed by atoms with E-state index >= 15 is 0 Å². The summed E-state index contributed by atoms with van der Waals surface area (Å²) >= 11 is 0. The molecule has 1 heterocycles. The molecule has 3 rings (SSSR count). The first-order valence-corrected chi connectivity index (χ1v) is 9.56. The van der Waals surface area contributed by atoms with Gasteiger partial charge in [-0.05, 0) is 18.9 Å². The molecule has 0 aliphatic carbocycles. The van der Waals surface area contributed by atoms with Crippen LogP contribution in [0, 0.1) is 12.8 Å². The summed E-state index contributed by atoms with van der Waals surface area (Å²) in [6.45, 7) is 2.05. The molecule has 6 heteroatoms. The number of carboxylic acid groups (broad SMARTS) is 1. The van der Waals surface area contributed by atoms with Crippen LogP contribution >= 0.6 is 0 Å². The maximum atomic E-state index is 12.2. The fraction of sp³-hybridized carbons (Fsp3) is 0.261. The van der Waals surface area contributed by atoms with Crippen molar-refractivity contribution in [3.8, 4) is 11.3 Å². The molecule has 3 aromatic rings. The van der Waals surface area contributed by atoms with Crippen molar-refractivity contribution in [2.75, 3.05) is 6.54 Å². The average Bonchev–Trinajstić information content (AvgIpc) is 3.19. The van der Waals surface area contributed by atoms with Gasteiger partial charge in [-0.25, -0.2) is 4.98 Å². The molecule has 0 saturated carbocycles. The largest absolute Gasteiger partial charge is 0.481 e. The lowest BCUT2D eigenvalue weighted by Crippen LogP contribution is -2.34. The van der Waals surface area contributed by atoms with Crippen molar-refractivity contribution in [2.24, 2.45) is 5.92 Å². The smallest absolute Gasteiger partial charge is 0.308 e.